The van der Waals surface area contributed by atoms with Crippen LogP contribution in [0.15, 0.2) is 23.1 Å². The Kier molecular flexibility index (Phi) is 8.86. The second kappa shape index (κ2) is 10.1. The molecule has 8 heteroatoms. The smallest absolute Gasteiger partial charge is 0.244 e. The highest BCUT2D eigenvalue weighted by Gasteiger charge is 2.19. The Morgan fingerprint density at radius 2 is 1.91 bits per heavy atom. The largest absolute Gasteiger partial charge is 0.495 e. The Morgan fingerprint density at radius 3 is 2.52 bits per heavy atom. The predicted octanol–water partition coefficient (Wildman–Crippen LogP) is 1.99. The lowest BCUT2D eigenvalue weighted by Gasteiger charge is -2.17. The summed E-state index contributed by atoms with van der Waals surface area (Å²) in [6.07, 6.45) is 0. The van der Waals surface area contributed by atoms with Crippen molar-refractivity contribution in [2.45, 2.75) is 18.7 Å². The number of likely N-dealkylation sites (N-methyl/N-ethyl adjacent to an activating group) is 1. The second-order valence-corrected chi connectivity index (χ2v) is 7.00. The van der Waals surface area contributed by atoms with Crippen molar-refractivity contribution in [1.29, 1.82) is 0 Å². The molecule has 0 unspecified atom stereocenters. The molecule has 0 saturated carbocycles. The first-order chi connectivity index (χ1) is 10.9. The molecule has 1 N–H and O–H groups in total. The van der Waals surface area contributed by atoms with E-state index in [1.165, 1.54) is 19.2 Å². The molecule has 0 radical (unpaired) electrons. The Hall–Kier alpha value is -0.860. The van der Waals surface area contributed by atoms with Crippen LogP contribution in [0.25, 0.3) is 0 Å². The molecule has 0 heterocycles. The Labute approximate surface area is 143 Å². The summed E-state index contributed by atoms with van der Waals surface area (Å²) in [6.45, 7) is 8.04. The van der Waals surface area contributed by atoms with Crippen LogP contribution in [-0.4, -0.2) is 59.8 Å². The normalized spacial score (nSPS) is 11.9. The topological polar surface area (TPSA) is 67.9 Å². The van der Waals surface area contributed by atoms with Gasteiger partial charge in [0.05, 0.1) is 20.3 Å². The van der Waals surface area contributed by atoms with E-state index in [-0.39, 0.29) is 17.2 Å². The lowest BCUT2D eigenvalue weighted by Crippen LogP contribution is -2.30. The van der Waals surface area contributed by atoms with Crippen molar-refractivity contribution in [3.05, 3.63) is 23.2 Å². The molecule has 0 bridgehead atoms. The van der Waals surface area contributed by atoms with Gasteiger partial charge in [0.2, 0.25) is 10.0 Å². The van der Waals surface area contributed by atoms with Gasteiger partial charge in [-0.3, -0.25) is 0 Å². The summed E-state index contributed by atoms with van der Waals surface area (Å²) in [5.41, 5.74) is 0. The first-order valence-electron chi connectivity index (χ1n) is 7.57. The van der Waals surface area contributed by atoms with Gasteiger partial charge in [0.15, 0.2) is 0 Å². The molecule has 1 aromatic rings. The highest BCUT2D eigenvalue weighted by Crippen LogP contribution is 2.26. The van der Waals surface area contributed by atoms with Crippen molar-refractivity contribution >= 4 is 21.6 Å². The number of halogens is 1. The van der Waals surface area contributed by atoms with Gasteiger partial charge >= 0.3 is 0 Å². The van der Waals surface area contributed by atoms with Crippen LogP contribution >= 0.6 is 11.6 Å². The summed E-state index contributed by atoms with van der Waals surface area (Å²) in [6, 6.07) is 4.47. The molecule has 0 aliphatic rings. The molecule has 132 valence electrons. The van der Waals surface area contributed by atoms with E-state index in [0.717, 1.165) is 19.6 Å². The van der Waals surface area contributed by atoms with Crippen molar-refractivity contribution in [3.8, 4) is 5.75 Å². The maximum absolute atomic E-state index is 12.3. The number of rotatable bonds is 11. The number of ether oxygens (including phenoxy) is 2. The summed E-state index contributed by atoms with van der Waals surface area (Å²) in [7, 11) is -2.27. The highest BCUT2D eigenvalue weighted by molar-refractivity contribution is 7.89. The molecule has 0 spiro atoms. The minimum atomic E-state index is -3.69. The average molecular weight is 365 g/mol. The van der Waals surface area contributed by atoms with Gasteiger partial charge in [-0.05, 0) is 31.3 Å². The Morgan fingerprint density at radius 1 is 1.22 bits per heavy atom. The number of benzene rings is 1. The van der Waals surface area contributed by atoms with Crippen LogP contribution in [0.1, 0.15) is 13.8 Å². The maximum atomic E-state index is 12.3. The molecule has 1 aromatic carbocycles. The zero-order chi connectivity index (χ0) is 17.3. The number of hydrogen-bond acceptors (Lipinski definition) is 5. The lowest BCUT2D eigenvalue weighted by molar-refractivity contribution is 0.111. The number of methoxy groups -OCH3 is 1. The minimum absolute atomic E-state index is 0.0237. The van der Waals surface area contributed by atoms with Gasteiger partial charge in [-0.15, -0.1) is 0 Å². The third-order valence-corrected chi connectivity index (χ3v) is 5.12. The van der Waals surface area contributed by atoms with Crippen LogP contribution in [0, 0.1) is 0 Å². The molecule has 23 heavy (non-hydrogen) atoms. The zero-order valence-corrected chi connectivity index (χ0v) is 15.4. The molecular weight excluding hydrogens is 340 g/mol. The van der Waals surface area contributed by atoms with Crippen LogP contribution in [0.5, 0.6) is 5.75 Å². The van der Waals surface area contributed by atoms with E-state index in [0.29, 0.717) is 18.2 Å². The van der Waals surface area contributed by atoms with Crippen molar-refractivity contribution < 1.29 is 17.9 Å². The fourth-order valence-electron chi connectivity index (χ4n) is 2.02. The van der Waals surface area contributed by atoms with Gasteiger partial charge in [0.25, 0.3) is 0 Å². The molecule has 0 amide bonds. The van der Waals surface area contributed by atoms with Gasteiger partial charge in [-0.2, -0.15) is 0 Å². The summed E-state index contributed by atoms with van der Waals surface area (Å²) in [4.78, 5) is 2.26. The molecule has 0 aliphatic carbocycles. The molecule has 0 atom stereocenters. The second-order valence-electron chi connectivity index (χ2n) is 4.83. The van der Waals surface area contributed by atoms with E-state index < -0.39 is 10.0 Å². The van der Waals surface area contributed by atoms with Crippen LogP contribution in [0.3, 0.4) is 0 Å². The van der Waals surface area contributed by atoms with Gasteiger partial charge < -0.3 is 14.4 Å². The minimum Gasteiger partial charge on any atom is -0.495 e. The van der Waals surface area contributed by atoms with E-state index in [2.05, 4.69) is 23.5 Å². The molecule has 0 aromatic heterocycles. The Bertz CT molecular complexity index is 577. The third-order valence-electron chi connectivity index (χ3n) is 3.40. The summed E-state index contributed by atoms with van der Waals surface area (Å²) in [5.74, 6) is 0.254. The van der Waals surface area contributed by atoms with Gasteiger partial charge in [0, 0.05) is 18.1 Å². The summed E-state index contributed by atoms with van der Waals surface area (Å²) >= 11 is 5.86. The number of sulfonamides is 1. The average Bonchev–Trinajstić information content (AvgIpc) is 2.54. The van der Waals surface area contributed by atoms with E-state index in [9.17, 15) is 8.42 Å². The molecular formula is C15H25ClN2O4S. The van der Waals surface area contributed by atoms with Gasteiger partial charge in [-0.25, -0.2) is 13.1 Å². The van der Waals surface area contributed by atoms with Crippen molar-refractivity contribution in [2.24, 2.45) is 0 Å². The summed E-state index contributed by atoms with van der Waals surface area (Å²) in [5, 5.41) is 0.335. The van der Waals surface area contributed by atoms with Crippen molar-refractivity contribution in [1.82, 2.24) is 9.62 Å². The Balaban J connectivity index is 2.46. The first kappa shape index (κ1) is 20.2. The third kappa shape index (κ3) is 6.64. The molecule has 0 fully saturated rings. The van der Waals surface area contributed by atoms with Crippen LogP contribution in [0.4, 0.5) is 0 Å². The number of nitrogens with zero attached hydrogens (tertiary/aromatic N) is 1. The lowest BCUT2D eigenvalue weighted by atomic mass is 10.3. The van der Waals surface area contributed by atoms with E-state index >= 15 is 0 Å². The van der Waals surface area contributed by atoms with Crippen LogP contribution in [-0.2, 0) is 14.8 Å². The fourth-order valence-corrected chi connectivity index (χ4v) is 3.46. The summed E-state index contributed by atoms with van der Waals surface area (Å²) < 4.78 is 37.6. The molecule has 1 rings (SSSR count). The SMILES string of the molecule is CCN(CC)CCOCCNS(=O)(=O)c1cc(Cl)ccc1OC. The van der Waals surface area contributed by atoms with Crippen LogP contribution in [0.2, 0.25) is 5.02 Å². The predicted molar refractivity (Wildman–Crippen MR) is 91.8 cm³/mol. The maximum Gasteiger partial charge on any atom is 0.244 e. The van der Waals surface area contributed by atoms with Gasteiger partial charge in [0.1, 0.15) is 10.6 Å². The van der Waals surface area contributed by atoms with Crippen molar-refractivity contribution in [3.63, 3.8) is 0 Å². The zero-order valence-electron chi connectivity index (χ0n) is 13.8. The number of hydrogen-bond donors (Lipinski definition) is 1. The van der Waals surface area contributed by atoms with E-state index in [1.54, 1.807) is 6.07 Å². The standard InChI is InChI=1S/C15H25ClN2O4S/c1-4-18(5-2)9-11-22-10-8-17-23(19,20)15-12-13(16)6-7-14(15)21-3/h6-7,12,17H,4-5,8-11H2,1-3H3. The fraction of sp³-hybridized carbons (Fsp3) is 0.600. The van der Waals surface area contributed by atoms with Gasteiger partial charge in [-0.1, -0.05) is 25.4 Å². The van der Waals surface area contributed by atoms with E-state index in [1.807, 2.05) is 0 Å². The highest BCUT2D eigenvalue weighted by atomic mass is 35.5. The molecule has 0 saturated heterocycles. The molecule has 6 nitrogen and oxygen atoms in total. The van der Waals surface area contributed by atoms with Crippen LogP contribution < -0.4 is 9.46 Å². The van der Waals surface area contributed by atoms with E-state index in [4.69, 9.17) is 21.1 Å². The quantitative estimate of drug-likeness (QED) is 0.608. The molecule has 0 aliphatic heterocycles. The van der Waals surface area contributed by atoms with Crippen molar-refractivity contribution in [2.75, 3.05) is 46.5 Å². The monoisotopic (exact) mass is 364 g/mol. The first-order valence-corrected chi connectivity index (χ1v) is 9.44. The number of nitrogens with one attached hydrogen (secondary N) is 1.